The van der Waals surface area contributed by atoms with Crippen molar-refractivity contribution >= 4 is 0 Å². The topological polar surface area (TPSA) is 27.7 Å². The molecule has 174 valence electrons. The molecule has 3 saturated carbocycles. The average Bonchev–Trinajstić information content (AvgIpc) is 2.79. The van der Waals surface area contributed by atoms with Gasteiger partial charge in [0.1, 0.15) is 13.1 Å². The van der Waals surface area contributed by atoms with Gasteiger partial charge in [0.05, 0.1) is 33.9 Å². The Morgan fingerprint density at radius 2 is 1.74 bits per heavy atom. The number of rotatable bonds is 10. The van der Waals surface area contributed by atoms with E-state index < -0.39 is 0 Å². The predicted octanol–water partition coefficient (Wildman–Crippen LogP) is 5.68. The molecule has 5 rings (SSSR count). The minimum atomic E-state index is 0.589. The molecule has 0 N–H and O–H groups in total. The first kappa shape index (κ1) is 22.9. The van der Waals surface area contributed by atoms with E-state index in [-0.39, 0.29) is 0 Å². The van der Waals surface area contributed by atoms with Gasteiger partial charge >= 0.3 is 0 Å². The van der Waals surface area contributed by atoms with Crippen LogP contribution < -0.4 is 9.47 Å². The number of benzene rings is 1. The third kappa shape index (κ3) is 4.90. The van der Waals surface area contributed by atoms with Gasteiger partial charge in [0.25, 0.3) is 0 Å². The van der Waals surface area contributed by atoms with Crippen LogP contribution in [-0.4, -0.2) is 51.6 Å². The lowest BCUT2D eigenvalue weighted by molar-refractivity contribution is -0.945. The van der Waals surface area contributed by atoms with Gasteiger partial charge in [0, 0.05) is 12.2 Å². The van der Waals surface area contributed by atoms with Crippen molar-refractivity contribution in [1.29, 1.82) is 0 Å². The minimum Gasteiger partial charge on any atom is -0.493 e. The Morgan fingerprint density at radius 3 is 2.42 bits per heavy atom. The summed E-state index contributed by atoms with van der Waals surface area (Å²) in [5.74, 6) is 4.48. The van der Waals surface area contributed by atoms with Crippen molar-refractivity contribution in [2.45, 2.75) is 65.3 Å². The summed E-state index contributed by atoms with van der Waals surface area (Å²) >= 11 is 0. The Morgan fingerprint density at radius 1 is 0.968 bits per heavy atom. The largest absolute Gasteiger partial charge is 0.493 e. The van der Waals surface area contributed by atoms with Crippen molar-refractivity contribution in [2.75, 3.05) is 47.1 Å². The molecular formula is C27H44NO3+. The van der Waals surface area contributed by atoms with Crippen LogP contribution in [0.25, 0.3) is 0 Å². The first-order valence-corrected chi connectivity index (χ1v) is 12.6. The second-order valence-corrected chi connectivity index (χ2v) is 11.0. The van der Waals surface area contributed by atoms with Gasteiger partial charge < -0.3 is 18.7 Å². The first-order chi connectivity index (χ1) is 15.0. The van der Waals surface area contributed by atoms with Crippen LogP contribution in [0.3, 0.4) is 0 Å². The standard InChI is InChI=1S/C27H44NO3/c1-27(2)23-10-9-22(24(27)19-23)12-16-31-17-15-28(13-6-5-7-14-28)20-21-8-11-25(29-3)26(18-21)30-4/h8,11,18,22-24H,5-7,9-10,12-17,19-20H2,1-4H3/q+1/t22?,23-,24-/m1/s1. The van der Waals surface area contributed by atoms with Crippen molar-refractivity contribution in [3.63, 3.8) is 0 Å². The molecule has 0 radical (unpaired) electrons. The fourth-order valence-electron chi connectivity index (χ4n) is 6.91. The molecule has 4 heteroatoms. The molecule has 31 heavy (non-hydrogen) atoms. The van der Waals surface area contributed by atoms with Crippen molar-refractivity contribution < 1.29 is 18.7 Å². The fraction of sp³-hybridized carbons (Fsp3) is 0.778. The van der Waals surface area contributed by atoms with Crippen molar-refractivity contribution in [1.82, 2.24) is 0 Å². The molecule has 0 spiro atoms. The van der Waals surface area contributed by atoms with E-state index >= 15 is 0 Å². The lowest BCUT2D eigenvalue weighted by Crippen LogP contribution is -2.53. The molecule has 4 fully saturated rings. The number of quaternary nitrogens is 1. The van der Waals surface area contributed by atoms with Crippen LogP contribution in [0.1, 0.15) is 64.4 Å². The lowest BCUT2D eigenvalue weighted by atomic mass is 9.45. The molecule has 4 nitrogen and oxygen atoms in total. The SMILES string of the molecule is COc1ccc(C[N+]2(CCOCCC3CC[C@@H]4C[C@H]3C4(C)C)CCCCC2)cc1OC. The molecule has 3 aliphatic carbocycles. The molecule has 3 atom stereocenters. The summed E-state index contributed by atoms with van der Waals surface area (Å²) in [5.41, 5.74) is 1.93. The van der Waals surface area contributed by atoms with Crippen LogP contribution in [0.5, 0.6) is 11.5 Å². The quantitative estimate of drug-likeness (QED) is 0.353. The van der Waals surface area contributed by atoms with Crippen molar-refractivity contribution in [3.8, 4) is 11.5 Å². The molecule has 1 aliphatic heterocycles. The Kier molecular flexibility index (Phi) is 7.17. The van der Waals surface area contributed by atoms with Gasteiger partial charge in [-0.05, 0) is 86.3 Å². The highest BCUT2D eigenvalue weighted by Gasteiger charge is 2.53. The maximum Gasteiger partial charge on any atom is 0.161 e. The Hall–Kier alpha value is -1.26. The van der Waals surface area contributed by atoms with Crippen LogP contribution >= 0.6 is 0 Å². The number of methoxy groups -OCH3 is 2. The summed E-state index contributed by atoms with van der Waals surface area (Å²) < 4.78 is 18.4. The third-order valence-electron chi connectivity index (χ3n) is 9.08. The zero-order valence-electron chi connectivity index (χ0n) is 20.3. The molecular weight excluding hydrogens is 386 g/mol. The van der Waals surface area contributed by atoms with Gasteiger partial charge in [-0.15, -0.1) is 0 Å². The molecule has 4 aliphatic rings. The maximum absolute atomic E-state index is 6.26. The van der Waals surface area contributed by atoms with E-state index in [1.165, 1.54) is 63.6 Å². The number of fused-ring (bicyclic) bond motifs is 2. The molecule has 0 amide bonds. The summed E-state index contributed by atoms with van der Waals surface area (Å²) in [6.07, 6.45) is 9.63. The number of nitrogens with zero attached hydrogens (tertiary/aromatic N) is 1. The van der Waals surface area contributed by atoms with Gasteiger partial charge in [-0.2, -0.15) is 0 Å². The Balaban J connectivity index is 1.28. The molecule has 2 bridgehead atoms. The van der Waals surface area contributed by atoms with E-state index in [9.17, 15) is 0 Å². The summed E-state index contributed by atoms with van der Waals surface area (Å²) in [4.78, 5) is 0. The fourth-order valence-corrected chi connectivity index (χ4v) is 6.91. The van der Waals surface area contributed by atoms with E-state index in [1.54, 1.807) is 14.2 Å². The summed E-state index contributed by atoms with van der Waals surface area (Å²) in [6, 6.07) is 6.40. The molecule has 1 aromatic carbocycles. The van der Waals surface area contributed by atoms with E-state index in [0.717, 1.165) is 60.0 Å². The van der Waals surface area contributed by atoms with Gasteiger partial charge in [-0.25, -0.2) is 0 Å². The molecule has 1 aromatic rings. The van der Waals surface area contributed by atoms with Gasteiger partial charge in [0.2, 0.25) is 0 Å². The molecule has 0 aromatic heterocycles. The zero-order valence-corrected chi connectivity index (χ0v) is 20.3. The normalized spacial score (nSPS) is 28.6. The molecule has 1 heterocycles. The van der Waals surface area contributed by atoms with Crippen LogP contribution in [0.2, 0.25) is 0 Å². The minimum absolute atomic E-state index is 0.589. The summed E-state index contributed by atoms with van der Waals surface area (Å²) in [5, 5.41) is 0. The third-order valence-corrected chi connectivity index (χ3v) is 9.08. The first-order valence-electron chi connectivity index (χ1n) is 12.6. The molecule has 1 saturated heterocycles. The number of piperidine rings is 1. The van der Waals surface area contributed by atoms with Gasteiger partial charge in [0.15, 0.2) is 11.5 Å². The van der Waals surface area contributed by atoms with E-state index in [1.807, 2.05) is 6.07 Å². The summed E-state index contributed by atoms with van der Waals surface area (Å²) in [7, 11) is 3.42. The number of hydrogen-bond donors (Lipinski definition) is 0. The van der Waals surface area contributed by atoms with E-state index in [4.69, 9.17) is 14.2 Å². The number of likely N-dealkylation sites (tertiary alicyclic amines) is 1. The van der Waals surface area contributed by atoms with Gasteiger partial charge in [-0.1, -0.05) is 13.8 Å². The highest BCUT2D eigenvalue weighted by molar-refractivity contribution is 5.42. The molecule has 1 unspecified atom stereocenters. The zero-order chi connectivity index (χ0) is 21.9. The van der Waals surface area contributed by atoms with E-state index in [0.29, 0.717) is 5.41 Å². The number of ether oxygens (including phenoxy) is 3. The van der Waals surface area contributed by atoms with Gasteiger partial charge in [-0.3, -0.25) is 0 Å². The lowest BCUT2D eigenvalue weighted by Gasteiger charge is -2.60. The Labute approximate surface area is 189 Å². The highest BCUT2D eigenvalue weighted by Crippen LogP contribution is 2.61. The van der Waals surface area contributed by atoms with Crippen LogP contribution in [0.4, 0.5) is 0 Å². The average molecular weight is 431 g/mol. The van der Waals surface area contributed by atoms with Crippen LogP contribution in [-0.2, 0) is 11.3 Å². The smallest absolute Gasteiger partial charge is 0.161 e. The van der Waals surface area contributed by atoms with Crippen LogP contribution in [0, 0.1) is 23.2 Å². The second kappa shape index (κ2) is 9.70. The highest BCUT2D eigenvalue weighted by atomic mass is 16.5. The van der Waals surface area contributed by atoms with Crippen molar-refractivity contribution in [2.24, 2.45) is 23.2 Å². The predicted molar refractivity (Wildman–Crippen MR) is 126 cm³/mol. The second-order valence-electron chi connectivity index (χ2n) is 11.0. The monoisotopic (exact) mass is 430 g/mol. The van der Waals surface area contributed by atoms with Crippen molar-refractivity contribution in [3.05, 3.63) is 23.8 Å². The number of hydrogen-bond acceptors (Lipinski definition) is 3. The van der Waals surface area contributed by atoms with Crippen LogP contribution in [0.15, 0.2) is 18.2 Å². The van der Waals surface area contributed by atoms with E-state index in [2.05, 4.69) is 26.0 Å². The maximum atomic E-state index is 6.26. The summed E-state index contributed by atoms with van der Waals surface area (Å²) in [6.45, 7) is 11.5. The Bertz CT molecular complexity index is 723.